The van der Waals surface area contributed by atoms with Crippen LogP contribution in [-0.2, 0) is 20.2 Å². The molecule has 0 saturated carbocycles. The zero-order valence-corrected chi connectivity index (χ0v) is 19.3. The van der Waals surface area contributed by atoms with Gasteiger partial charge >= 0.3 is 29.6 Å². The predicted octanol–water partition coefficient (Wildman–Crippen LogP) is 0.124. The normalized spacial score (nSPS) is 12.1. The smallest absolute Gasteiger partial charge is 0.744 e. The molecule has 0 saturated heterocycles. The van der Waals surface area contributed by atoms with Crippen molar-refractivity contribution in [2.45, 2.75) is 9.79 Å². The molecular formula is C17H13N2NaO8S2. The molecule has 0 aliphatic rings. The summed E-state index contributed by atoms with van der Waals surface area (Å²) in [5.74, 6) is -0.540. The van der Waals surface area contributed by atoms with E-state index in [4.69, 9.17) is 4.74 Å². The first kappa shape index (κ1) is 24.2. The number of aromatic hydroxyl groups is 1. The van der Waals surface area contributed by atoms with E-state index in [-0.39, 0.29) is 51.7 Å². The Morgan fingerprint density at radius 3 is 2.27 bits per heavy atom. The molecular weight excluding hydrogens is 447 g/mol. The molecule has 3 aromatic rings. The van der Waals surface area contributed by atoms with Crippen LogP contribution < -0.4 is 34.3 Å². The van der Waals surface area contributed by atoms with Crippen molar-refractivity contribution in [2.24, 2.45) is 10.2 Å². The summed E-state index contributed by atoms with van der Waals surface area (Å²) in [4.78, 5) is -1.54. The number of methoxy groups -OCH3 is 1. The van der Waals surface area contributed by atoms with Crippen LogP contribution in [0.2, 0.25) is 0 Å². The maximum Gasteiger partial charge on any atom is 1.00 e. The van der Waals surface area contributed by atoms with E-state index in [9.17, 15) is 31.0 Å². The molecule has 0 radical (unpaired) electrons. The van der Waals surface area contributed by atoms with Gasteiger partial charge in [0.1, 0.15) is 32.1 Å². The van der Waals surface area contributed by atoms with Crippen molar-refractivity contribution in [3.8, 4) is 11.5 Å². The van der Waals surface area contributed by atoms with E-state index in [1.165, 1.54) is 13.2 Å². The van der Waals surface area contributed by atoms with Crippen LogP contribution in [0.5, 0.6) is 11.5 Å². The Morgan fingerprint density at radius 2 is 1.67 bits per heavy atom. The molecule has 0 amide bonds. The van der Waals surface area contributed by atoms with Gasteiger partial charge < -0.3 is 14.4 Å². The molecule has 0 fully saturated rings. The van der Waals surface area contributed by atoms with E-state index in [0.717, 1.165) is 18.2 Å². The molecule has 3 rings (SSSR count). The average Bonchev–Trinajstić information content (AvgIpc) is 2.65. The molecule has 13 heteroatoms. The van der Waals surface area contributed by atoms with Crippen molar-refractivity contribution in [1.82, 2.24) is 0 Å². The summed E-state index contributed by atoms with van der Waals surface area (Å²) in [6.45, 7) is 0. The Kier molecular flexibility index (Phi) is 7.24. The number of rotatable bonds is 5. The molecule has 0 aliphatic heterocycles. The number of ether oxygens (including phenoxy) is 1. The molecule has 3 aromatic carbocycles. The maximum atomic E-state index is 11.6. The van der Waals surface area contributed by atoms with E-state index >= 15 is 0 Å². The SMILES string of the molecule is COc1ccccc1N=Nc1c(O)c(S(=O)(=O)O)cc2cc(S(=O)(=O)[O-])ccc12.[Na+]. The van der Waals surface area contributed by atoms with E-state index in [1.807, 2.05) is 0 Å². The number of hydrogen-bond donors (Lipinski definition) is 2. The van der Waals surface area contributed by atoms with Gasteiger partial charge in [0.15, 0.2) is 5.75 Å². The predicted molar refractivity (Wildman–Crippen MR) is 101 cm³/mol. The minimum absolute atomic E-state index is 0. The fourth-order valence-electron chi connectivity index (χ4n) is 2.60. The number of benzene rings is 3. The monoisotopic (exact) mass is 460 g/mol. The third-order valence-electron chi connectivity index (χ3n) is 3.93. The zero-order chi connectivity index (χ0) is 21.4. The number of para-hydroxylation sites is 1. The van der Waals surface area contributed by atoms with E-state index in [2.05, 4.69) is 10.2 Å². The summed E-state index contributed by atoms with van der Waals surface area (Å²) in [6, 6.07) is 10.4. The third kappa shape index (κ3) is 4.98. The number of nitrogens with zero attached hydrogens (tertiary/aromatic N) is 2. The summed E-state index contributed by atoms with van der Waals surface area (Å²) < 4.78 is 71.6. The first-order valence-corrected chi connectivity index (χ1v) is 10.6. The topological polar surface area (TPSA) is 166 Å². The van der Waals surface area contributed by atoms with Crippen LogP contribution in [-0.4, -0.2) is 38.2 Å². The maximum absolute atomic E-state index is 11.6. The standard InChI is InChI=1S/C17H14N2O8S2.Na/c1-27-14-5-3-2-4-13(14)18-19-16-12-7-6-11(28(21,22)23)8-10(12)9-15(17(16)20)29(24,25)26;/h2-9,20H,1H3,(H,21,22,23)(H,24,25,26);/q;+1/p-1. The quantitative estimate of drug-likeness (QED) is 0.308. The fraction of sp³-hybridized carbons (Fsp3) is 0.0588. The van der Waals surface area contributed by atoms with Crippen LogP contribution in [0, 0.1) is 0 Å². The zero-order valence-electron chi connectivity index (χ0n) is 15.7. The first-order chi connectivity index (χ1) is 13.5. The van der Waals surface area contributed by atoms with E-state index in [0.29, 0.717) is 5.75 Å². The van der Waals surface area contributed by atoms with Gasteiger partial charge in [-0.2, -0.15) is 8.42 Å². The van der Waals surface area contributed by atoms with E-state index < -0.39 is 35.8 Å². The molecule has 2 N–H and O–H groups in total. The number of azo groups is 1. The van der Waals surface area contributed by atoms with Gasteiger partial charge in [-0.15, -0.1) is 10.2 Å². The average molecular weight is 460 g/mol. The van der Waals surface area contributed by atoms with Crippen LogP contribution in [0.1, 0.15) is 0 Å². The van der Waals surface area contributed by atoms with Crippen LogP contribution in [0.25, 0.3) is 10.8 Å². The Labute approximate surface area is 194 Å². The Bertz CT molecular complexity index is 1360. The molecule has 0 bridgehead atoms. The van der Waals surface area contributed by atoms with Crippen molar-refractivity contribution in [1.29, 1.82) is 0 Å². The van der Waals surface area contributed by atoms with Gasteiger partial charge in [-0.05, 0) is 35.7 Å². The van der Waals surface area contributed by atoms with Crippen molar-refractivity contribution in [2.75, 3.05) is 7.11 Å². The molecule has 0 aliphatic carbocycles. The molecule has 0 unspecified atom stereocenters. The molecule has 0 spiro atoms. The van der Waals surface area contributed by atoms with Crippen LogP contribution in [0.4, 0.5) is 11.4 Å². The van der Waals surface area contributed by atoms with Gasteiger partial charge in [0, 0.05) is 5.39 Å². The second kappa shape index (κ2) is 8.98. The van der Waals surface area contributed by atoms with Crippen LogP contribution >= 0.6 is 0 Å². The van der Waals surface area contributed by atoms with Crippen molar-refractivity contribution in [3.63, 3.8) is 0 Å². The Hall–Kier alpha value is -2.06. The molecule has 0 heterocycles. The summed E-state index contributed by atoms with van der Waals surface area (Å²) in [6.07, 6.45) is 0. The summed E-state index contributed by atoms with van der Waals surface area (Å²) in [5.41, 5.74) is -0.0885. The van der Waals surface area contributed by atoms with Gasteiger partial charge in [-0.25, -0.2) is 8.42 Å². The second-order valence-electron chi connectivity index (χ2n) is 5.76. The van der Waals surface area contributed by atoms with Crippen LogP contribution in [0.3, 0.4) is 0 Å². The Balaban J connectivity index is 0.00000320. The summed E-state index contributed by atoms with van der Waals surface area (Å²) >= 11 is 0. The van der Waals surface area contributed by atoms with E-state index in [1.54, 1.807) is 24.3 Å². The van der Waals surface area contributed by atoms with Gasteiger partial charge in [0.25, 0.3) is 10.1 Å². The molecule has 0 atom stereocenters. The van der Waals surface area contributed by atoms with Gasteiger partial charge in [-0.3, -0.25) is 4.55 Å². The summed E-state index contributed by atoms with van der Waals surface area (Å²) in [5, 5.41) is 18.2. The number of phenolic OH excluding ortho intramolecular Hbond substituents is 1. The van der Waals surface area contributed by atoms with Gasteiger partial charge in [0.05, 0.1) is 12.0 Å². The first-order valence-electron chi connectivity index (χ1n) is 7.80. The Morgan fingerprint density at radius 1 is 1.00 bits per heavy atom. The molecule has 10 nitrogen and oxygen atoms in total. The van der Waals surface area contributed by atoms with Gasteiger partial charge in [-0.1, -0.05) is 18.2 Å². The minimum atomic E-state index is -4.90. The number of fused-ring (bicyclic) bond motifs is 1. The number of phenols is 1. The van der Waals surface area contributed by atoms with Crippen LogP contribution in [0.15, 0.2) is 68.6 Å². The third-order valence-corrected chi connectivity index (χ3v) is 5.63. The number of hydrogen-bond acceptors (Lipinski definition) is 9. The summed E-state index contributed by atoms with van der Waals surface area (Å²) in [7, 11) is -8.31. The molecule has 152 valence electrons. The fourth-order valence-corrected chi connectivity index (χ4v) is 3.72. The molecule has 0 aromatic heterocycles. The second-order valence-corrected chi connectivity index (χ2v) is 8.53. The van der Waals surface area contributed by atoms with Crippen molar-refractivity contribution in [3.05, 3.63) is 48.5 Å². The minimum Gasteiger partial charge on any atom is -0.744 e. The van der Waals surface area contributed by atoms with Crippen molar-refractivity contribution < 1.29 is 65.3 Å². The molecule has 30 heavy (non-hydrogen) atoms. The van der Waals surface area contributed by atoms with Crippen molar-refractivity contribution >= 4 is 42.4 Å². The largest absolute Gasteiger partial charge is 1.00 e. The van der Waals surface area contributed by atoms with Gasteiger partial charge in [0.2, 0.25) is 0 Å².